The first-order chi connectivity index (χ1) is 8.00. The second-order valence-corrected chi connectivity index (χ2v) is 5.30. The van der Waals surface area contributed by atoms with E-state index in [2.05, 4.69) is 21.0 Å². The summed E-state index contributed by atoms with van der Waals surface area (Å²) in [5.41, 5.74) is 1.11. The molecule has 0 amide bonds. The number of hydrogen-bond acceptors (Lipinski definition) is 2. The van der Waals surface area contributed by atoms with Crippen molar-refractivity contribution >= 4 is 39.1 Å². The molecule has 1 heterocycles. The Balaban J connectivity index is 2.50. The minimum absolute atomic E-state index is 0.413. The van der Waals surface area contributed by atoms with Gasteiger partial charge in [-0.15, -0.1) is 0 Å². The number of rotatable bonds is 2. The van der Waals surface area contributed by atoms with Crippen LogP contribution in [0.2, 0.25) is 10.0 Å². The number of halogens is 3. The van der Waals surface area contributed by atoms with E-state index in [1.165, 1.54) is 10.9 Å². The van der Waals surface area contributed by atoms with Crippen molar-refractivity contribution in [1.29, 1.82) is 0 Å². The van der Waals surface area contributed by atoms with Crippen LogP contribution in [0.5, 0.6) is 0 Å². The summed E-state index contributed by atoms with van der Waals surface area (Å²) in [6, 6.07) is 5.29. The normalized spacial score (nSPS) is 12.8. The highest BCUT2D eigenvalue weighted by Crippen LogP contribution is 2.33. The molecule has 0 fully saturated rings. The van der Waals surface area contributed by atoms with E-state index in [4.69, 9.17) is 23.2 Å². The largest absolute Gasteiger partial charge is 0.382 e. The summed E-state index contributed by atoms with van der Waals surface area (Å²) >= 11 is 15.4. The molecule has 1 atom stereocenters. The van der Waals surface area contributed by atoms with Gasteiger partial charge in [0.1, 0.15) is 6.10 Å². The number of nitrogens with zero attached hydrogens (tertiary/aromatic N) is 2. The van der Waals surface area contributed by atoms with E-state index in [9.17, 15) is 5.11 Å². The smallest absolute Gasteiger partial charge is 0.124 e. The van der Waals surface area contributed by atoms with Crippen molar-refractivity contribution in [3.8, 4) is 0 Å². The monoisotopic (exact) mass is 334 g/mol. The van der Waals surface area contributed by atoms with Crippen LogP contribution in [0.3, 0.4) is 0 Å². The van der Waals surface area contributed by atoms with Crippen LogP contribution in [0.1, 0.15) is 17.4 Å². The molecule has 1 unspecified atom stereocenters. The third-order valence-electron chi connectivity index (χ3n) is 2.45. The Hall–Kier alpha value is -0.550. The van der Waals surface area contributed by atoms with Crippen LogP contribution in [-0.2, 0) is 7.05 Å². The third kappa shape index (κ3) is 2.50. The molecule has 0 saturated carbocycles. The summed E-state index contributed by atoms with van der Waals surface area (Å²) in [7, 11) is 1.72. The molecule has 90 valence electrons. The molecular formula is C11H9BrCl2N2O. The van der Waals surface area contributed by atoms with E-state index in [1.54, 1.807) is 19.2 Å². The zero-order valence-electron chi connectivity index (χ0n) is 8.86. The van der Waals surface area contributed by atoms with Gasteiger partial charge in [-0.2, -0.15) is 5.10 Å². The molecule has 3 nitrogen and oxygen atoms in total. The lowest BCUT2D eigenvalue weighted by Gasteiger charge is -2.14. The molecule has 6 heteroatoms. The van der Waals surface area contributed by atoms with Gasteiger partial charge in [0.25, 0.3) is 0 Å². The molecular weight excluding hydrogens is 327 g/mol. The van der Waals surface area contributed by atoms with Crippen molar-refractivity contribution in [2.45, 2.75) is 6.10 Å². The first-order valence-corrected chi connectivity index (χ1v) is 6.36. The minimum Gasteiger partial charge on any atom is -0.382 e. The van der Waals surface area contributed by atoms with E-state index >= 15 is 0 Å². The number of aromatic nitrogens is 2. The van der Waals surface area contributed by atoms with Gasteiger partial charge in [-0.1, -0.05) is 39.1 Å². The summed E-state index contributed by atoms with van der Waals surface area (Å²) < 4.78 is 2.37. The van der Waals surface area contributed by atoms with E-state index in [1.807, 2.05) is 6.07 Å². The lowest BCUT2D eigenvalue weighted by atomic mass is 10.1. The zero-order chi connectivity index (χ0) is 12.6. The lowest BCUT2D eigenvalue weighted by Crippen LogP contribution is -2.07. The van der Waals surface area contributed by atoms with Crippen LogP contribution >= 0.6 is 39.1 Å². The van der Waals surface area contributed by atoms with Gasteiger partial charge < -0.3 is 5.11 Å². The van der Waals surface area contributed by atoms with Gasteiger partial charge in [-0.3, -0.25) is 4.68 Å². The Morgan fingerprint density at radius 3 is 2.65 bits per heavy atom. The molecule has 1 aromatic carbocycles. The van der Waals surface area contributed by atoms with Gasteiger partial charge >= 0.3 is 0 Å². The molecule has 0 saturated heterocycles. The molecule has 0 bridgehead atoms. The zero-order valence-corrected chi connectivity index (χ0v) is 12.0. The fourth-order valence-corrected chi connectivity index (χ4v) is 2.47. The van der Waals surface area contributed by atoms with E-state index in [0.29, 0.717) is 21.3 Å². The number of aliphatic hydroxyl groups excluding tert-OH is 1. The number of benzene rings is 1. The average Bonchev–Trinajstić information content (AvgIpc) is 2.61. The third-order valence-corrected chi connectivity index (χ3v) is 3.58. The van der Waals surface area contributed by atoms with Gasteiger partial charge in [0, 0.05) is 22.1 Å². The second kappa shape index (κ2) is 4.98. The fourth-order valence-electron chi connectivity index (χ4n) is 1.60. The van der Waals surface area contributed by atoms with Crippen LogP contribution in [0.4, 0.5) is 0 Å². The van der Waals surface area contributed by atoms with Crippen molar-refractivity contribution < 1.29 is 5.11 Å². The topological polar surface area (TPSA) is 38.0 Å². The molecule has 2 aromatic rings. The summed E-state index contributed by atoms with van der Waals surface area (Å²) in [4.78, 5) is 0. The highest BCUT2D eigenvalue weighted by Gasteiger charge is 2.20. The number of aryl methyl sites for hydroxylation is 1. The highest BCUT2D eigenvalue weighted by atomic mass is 79.9. The maximum absolute atomic E-state index is 10.3. The minimum atomic E-state index is -0.903. The number of hydrogen-bond donors (Lipinski definition) is 1. The molecule has 0 aliphatic carbocycles. The Morgan fingerprint density at radius 1 is 1.35 bits per heavy atom. The summed E-state index contributed by atoms with van der Waals surface area (Å²) in [5, 5.41) is 15.2. The van der Waals surface area contributed by atoms with Gasteiger partial charge in [0.2, 0.25) is 0 Å². The highest BCUT2D eigenvalue weighted by molar-refractivity contribution is 9.10. The van der Waals surface area contributed by atoms with Crippen molar-refractivity contribution in [3.05, 3.63) is 50.2 Å². The second-order valence-electron chi connectivity index (χ2n) is 3.57. The van der Waals surface area contributed by atoms with Crippen molar-refractivity contribution in [1.82, 2.24) is 9.78 Å². The molecule has 0 aliphatic rings. The van der Waals surface area contributed by atoms with Gasteiger partial charge in [-0.05, 0) is 18.2 Å². The molecule has 17 heavy (non-hydrogen) atoms. The van der Waals surface area contributed by atoms with Crippen LogP contribution in [0.15, 0.2) is 28.9 Å². The Morgan fingerprint density at radius 2 is 2.06 bits per heavy atom. The van der Waals surface area contributed by atoms with Crippen molar-refractivity contribution in [2.24, 2.45) is 7.05 Å². The quantitative estimate of drug-likeness (QED) is 0.911. The molecule has 1 aromatic heterocycles. The van der Waals surface area contributed by atoms with Crippen LogP contribution in [-0.4, -0.2) is 14.9 Å². The molecule has 2 rings (SSSR count). The lowest BCUT2D eigenvalue weighted by molar-refractivity contribution is 0.210. The average molecular weight is 336 g/mol. The van der Waals surface area contributed by atoms with E-state index in [-0.39, 0.29) is 0 Å². The van der Waals surface area contributed by atoms with Gasteiger partial charge in [0.05, 0.1) is 16.9 Å². The Kier molecular flexibility index (Phi) is 3.78. The Bertz CT molecular complexity index is 537. The standard InChI is InChI=1S/C11H9BrCl2N2O/c1-16-10(9(14)5-15-16)11(17)7-4-6(12)2-3-8(7)13/h2-5,11,17H,1H3. The van der Waals surface area contributed by atoms with Crippen molar-refractivity contribution in [3.63, 3.8) is 0 Å². The first kappa shape index (κ1) is 12.9. The summed E-state index contributed by atoms with van der Waals surface area (Å²) in [6.45, 7) is 0. The van der Waals surface area contributed by atoms with Crippen LogP contribution in [0, 0.1) is 0 Å². The predicted octanol–water partition coefficient (Wildman–Crippen LogP) is 3.57. The van der Waals surface area contributed by atoms with E-state index < -0.39 is 6.10 Å². The maximum atomic E-state index is 10.3. The number of aliphatic hydroxyl groups is 1. The van der Waals surface area contributed by atoms with Crippen LogP contribution in [0.25, 0.3) is 0 Å². The molecule has 0 radical (unpaired) electrons. The van der Waals surface area contributed by atoms with Gasteiger partial charge in [0.15, 0.2) is 0 Å². The summed E-state index contributed by atoms with van der Waals surface area (Å²) in [5.74, 6) is 0. The molecule has 0 spiro atoms. The molecule has 0 aliphatic heterocycles. The van der Waals surface area contributed by atoms with Crippen molar-refractivity contribution in [2.75, 3.05) is 0 Å². The predicted molar refractivity (Wildman–Crippen MR) is 71.4 cm³/mol. The van der Waals surface area contributed by atoms with E-state index in [0.717, 1.165) is 4.47 Å². The van der Waals surface area contributed by atoms with Crippen LogP contribution < -0.4 is 0 Å². The van der Waals surface area contributed by atoms with Gasteiger partial charge in [-0.25, -0.2) is 0 Å². The SMILES string of the molecule is Cn1ncc(Cl)c1C(O)c1cc(Br)ccc1Cl. The fraction of sp³-hybridized carbons (Fsp3) is 0.182. The summed E-state index contributed by atoms with van der Waals surface area (Å²) in [6.07, 6.45) is 0.589. The first-order valence-electron chi connectivity index (χ1n) is 4.81. The maximum Gasteiger partial charge on any atom is 0.124 e. The molecule has 1 N–H and O–H groups in total. The Labute approximate surface area is 117 Å².